The first-order valence-electron chi connectivity index (χ1n) is 9.04. The Morgan fingerprint density at radius 3 is 2.37 bits per heavy atom. The second-order valence-corrected chi connectivity index (χ2v) is 6.40. The second kappa shape index (κ2) is 11.3. The third-order valence-corrected chi connectivity index (χ3v) is 4.01. The van der Waals surface area contributed by atoms with Crippen molar-refractivity contribution >= 4 is 12.1 Å². The number of unbranched alkanes of at least 4 members (excludes halogenated alkanes) is 2. The van der Waals surface area contributed by atoms with Crippen LogP contribution in [0.5, 0.6) is 11.5 Å². The highest BCUT2D eigenvalue weighted by atomic mass is 16.7. The molecule has 0 amide bonds. The van der Waals surface area contributed by atoms with Crippen molar-refractivity contribution in [3.05, 3.63) is 23.8 Å². The molecule has 8 heteroatoms. The molecule has 8 nitrogen and oxygen atoms in total. The standard InChI is InChI=1S/C19H29NO7/c1-4-5-6-9-25-19(24)27-13(3)12(2)26-18(23)15(20)10-14-7-8-16(21)17(22)11-14/h7-8,11-13,15,21-22H,4-6,9-10,20H2,1-3H3/t12-,13?,15+/m1/s1. The van der Waals surface area contributed by atoms with E-state index in [0.717, 1.165) is 19.3 Å². The lowest BCUT2D eigenvalue weighted by molar-refractivity contribution is -0.155. The zero-order valence-electron chi connectivity index (χ0n) is 16.0. The number of aromatic hydroxyl groups is 2. The van der Waals surface area contributed by atoms with Crippen molar-refractivity contribution in [2.75, 3.05) is 6.61 Å². The van der Waals surface area contributed by atoms with E-state index in [2.05, 4.69) is 0 Å². The maximum atomic E-state index is 12.1. The Balaban J connectivity index is 2.42. The monoisotopic (exact) mass is 383 g/mol. The fourth-order valence-electron chi connectivity index (χ4n) is 2.19. The van der Waals surface area contributed by atoms with Crippen LogP contribution in [-0.2, 0) is 25.4 Å². The van der Waals surface area contributed by atoms with Gasteiger partial charge < -0.3 is 30.2 Å². The number of hydrogen-bond donors (Lipinski definition) is 3. The van der Waals surface area contributed by atoms with Gasteiger partial charge in [0, 0.05) is 0 Å². The quantitative estimate of drug-likeness (QED) is 0.319. The van der Waals surface area contributed by atoms with E-state index in [9.17, 15) is 19.8 Å². The van der Waals surface area contributed by atoms with Crippen LogP contribution >= 0.6 is 0 Å². The first-order chi connectivity index (χ1) is 12.7. The second-order valence-electron chi connectivity index (χ2n) is 6.40. The van der Waals surface area contributed by atoms with Gasteiger partial charge >= 0.3 is 12.1 Å². The van der Waals surface area contributed by atoms with Crippen LogP contribution in [0.15, 0.2) is 18.2 Å². The zero-order valence-corrected chi connectivity index (χ0v) is 16.0. The molecule has 0 radical (unpaired) electrons. The number of esters is 1. The highest BCUT2D eigenvalue weighted by molar-refractivity contribution is 5.76. The number of carbonyl (C=O) groups excluding carboxylic acids is 2. The fourth-order valence-corrected chi connectivity index (χ4v) is 2.19. The Labute approximate surface area is 159 Å². The van der Waals surface area contributed by atoms with Crippen LogP contribution in [0, 0.1) is 0 Å². The summed E-state index contributed by atoms with van der Waals surface area (Å²) in [6, 6.07) is 3.22. The molecule has 0 heterocycles. The molecule has 1 rings (SSSR count). The highest BCUT2D eigenvalue weighted by Crippen LogP contribution is 2.25. The molecule has 0 saturated heterocycles. The third-order valence-electron chi connectivity index (χ3n) is 4.01. The summed E-state index contributed by atoms with van der Waals surface area (Å²) in [5.74, 6) is -1.21. The van der Waals surface area contributed by atoms with Crippen molar-refractivity contribution in [3.8, 4) is 11.5 Å². The van der Waals surface area contributed by atoms with Gasteiger partial charge in [0.05, 0.1) is 6.61 Å². The molecule has 0 bridgehead atoms. The summed E-state index contributed by atoms with van der Waals surface area (Å²) in [6.07, 6.45) is 0.669. The van der Waals surface area contributed by atoms with Crippen LogP contribution in [0.1, 0.15) is 45.6 Å². The van der Waals surface area contributed by atoms with E-state index in [0.29, 0.717) is 5.56 Å². The molecule has 3 atom stereocenters. The molecule has 1 aromatic carbocycles. The van der Waals surface area contributed by atoms with Gasteiger partial charge in [-0.15, -0.1) is 0 Å². The Morgan fingerprint density at radius 2 is 1.74 bits per heavy atom. The maximum Gasteiger partial charge on any atom is 0.508 e. The molecule has 4 N–H and O–H groups in total. The number of carbonyl (C=O) groups is 2. The molecule has 0 aliphatic carbocycles. The van der Waals surface area contributed by atoms with Gasteiger partial charge in [0.15, 0.2) is 11.5 Å². The van der Waals surface area contributed by atoms with Crippen molar-refractivity contribution in [2.45, 2.75) is 64.7 Å². The summed E-state index contributed by atoms with van der Waals surface area (Å²) < 4.78 is 15.3. The van der Waals surface area contributed by atoms with E-state index in [4.69, 9.17) is 19.9 Å². The van der Waals surface area contributed by atoms with Gasteiger partial charge in [-0.25, -0.2) is 4.79 Å². The van der Waals surface area contributed by atoms with Gasteiger partial charge in [-0.05, 0) is 44.4 Å². The molecule has 0 saturated carbocycles. The van der Waals surface area contributed by atoms with Gasteiger partial charge in [0.25, 0.3) is 0 Å². The summed E-state index contributed by atoms with van der Waals surface area (Å²) >= 11 is 0. The summed E-state index contributed by atoms with van der Waals surface area (Å²) in [4.78, 5) is 23.7. The van der Waals surface area contributed by atoms with E-state index in [1.54, 1.807) is 19.9 Å². The lowest BCUT2D eigenvalue weighted by atomic mass is 10.1. The summed E-state index contributed by atoms with van der Waals surface area (Å²) in [6.45, 7) is 5.52. The SMILES string of the molecule is CCCCCOC(=O)OC(C)[C@@H](C)OC(=O)[C@@H](N)Cc1ccc(O)c(O)c1. The maximum absolute atomic E-state index is 12.1. The van der Waals surface area contributed by atoms with Crippen LogP contribution < -0.4 is 5.73 Å². The van der Waals surface area contributed by atoms with E-state index in [1.807, 2.05) is 6.92 Å². The Morgan fingerprint density at radius 1 is 1.07 bits per heavy atom. The average Bonchev–Trinajstić information content (AvgIpc) is 2.61. The molecule has 0 aliphatic heterocycles. The largest absolute Gasteiger partial charge is 0.508 e. The molecule has 1 aromatic rings. The molecule has 0 aromatic heterocycles. The molecular weight excluding hydrogens is 354 g/mol. The van der Waals surface area contributed by atoms with Crippen molar-refractivity contribution in [3.63, 3.8) is 0 Å². The molecule has 27 heavy (non-hydrogen) atoms. The molecule has 0 fully saturated rings. The third kappa shape index (κ3) is 8.17. The molecule has 152 valence electrons. The Hall–Kier alpha value is -2.48. The van der Waals surface area contributed by atoms with Gasteiger partial charge in [0.2, 0.25) is 0 Å². The predicted molar refractivity (Wildman–Crippen MR) is 98.4 cm³/mol. The number of rotatable bonds is 10. The van der Waals surface area contributed by atoms with Crippen molar-refractivity contribution in [1.82, 2.24) is 0 Å². The summed E-state index contributed by atoms with van der Waals surface area (Å²) in [7, 11) is 0. The van der Waals surface area contributed by atoms with Crippen molar-refractivity contribution in [1.29, 1.82) is 0 Å². The molecule has 1 unspecified atom stereocenters. The molecule has 0 aliphatic rings. The number of benzene rings is 1. The first-order valence-corrected chi connectivity index (χ1v) is 9.04. The molecular formula is C19H29NO7. The van der Waals surface area contributed by atoms with Crippen LogP contribution in [0.4, 0.5) is 4.79 Å². The zero-order chi connectivity index (χ0) is 20.4. The van der Waals surface area contributed by atoms with Crippen molar-refractivity contribution < 1.29 is 34.0 Å². The number of phenolic OH excluding ortho intramolecular Hbond substituents is 2. The Bertz CT molecular complexity index is 620. The van der Waals surface area contributed by atoms with Crippen molar-refractivity contribution in [2.24, 2.45) is 5.73 Å². The van der Waals surface area contributed by atoms with Crippen LogP contribution in [-0.4, -0.2) is 47.2 Å². The average molecular weight is 383 g/mol. The molecule has 0 spiro atoms. The topological polar surface area (TPSA) is 128 Å². The predicted octanol–water partition coefficient (Wildman–Crippen LogP) is 2.63. The van der Waals surface area contributed by atoms with E-state index in [1.165, 1.54) is 12.1 Å². The first kappa shape index (κ1) is 22.6. The normalized spacial score (nSPS) is 14.1. The smallest absolute Gasteiger partial charge is 0.504 e. The van der Waals surface area contributed by atoms with Crippen LogP contribution in [0.25, 0.3) is 0 Å². The number of ether oxygens (including phenoxy) is 3. The minimum atomic E-state index is -0.968. The van der Waals surface area contributed by atoms with Crippen LogP contribution in [0.2, 0.25) is 0 Å². The van der Waals surface area contributed by atoms with E-state index in [-0.39, 0.29) is 24.5 Å². The van der Waals surface area contributed by atoms with Gasteiger partial charge in [-0.2, -0.15) is 0 Å². The lowest BCUT2D eigenvalue weighted by Gasteiger charge is -2.22. The van der Waals surface area contributed by atoms with E-state index < -0.39 is 30.4 Å². The number of nitrogens with two attached hydrogens (primary N) is 1. The van der Waals surface area contributed by atoms with E-state index >= 15 is 0 Å². The minimum absolute atomic E-state index is 0.119. The van der Waals surface area contributed by atoms with Gasteiger partial charge in [0.1, 0.15) is 18.2 Å². The summed E-state index contributed by atoms with van der Waals surface area (Å²) in [5, 5.41) is 18.8. The number of phenols is 2. The Kier molecular flexibility index (Phi) is 9.42. The number of hydrogen-bond acceptors (Lipinski definition) is 8. The lowest BCUT2D eigenvalue weighted by Crippen LogP contribution is -2.39. The van der Waals surface area contributed by atoms with Gasteiger partial charge in [-0.1, -0.05) is 25.8 Å². The summed E-state index contributed by atoms with van der Waals surface area (Å²) in [5.41, 5.74) is 6.40. The minimum Gasteiger partial charge on any atom is -0.504 e. The van der Waals surface area contributed by atoms with Gasteiger partial charge in [-0.3, -0.25) is 4.79 Å². The van der Waals surface area contributed by atoms with Crippen LogP contribution in [0.3, 0.4) is 0 Å². The highest BCUT2D eigenvalue weighted by Gasteiger charge is 2.24. The fraction of sp³-hybridized carbons (Fsp3) is 0.579.